The van der Waals surface area contributed by atoms with E-state index in [0.717, 1.165) is 29.2 Å². The number of aromatic nitrogens is 4. The van der Waals surface area contributed by atoms with Gasteiger partial charge < -0.3 is 9.40 Å². The van der Waals surface area contributed by atoms with Gasteiger partial charge in [-0.3, -0.25) is 4.79 Å². The third kappa shape index (κ3) is 4.35. The summed E-state index contributed by atoms with van der Waals surface area (Å²) in [6, 6.07) is 6.42. The number of carbonyl (C=O) groups excluding carboxylic acids is 1. The van der Waals surface area contributed by atoms with Crippen molar-refractivity contribution < 1.29 is 18.0 Å². The van der Waals surface area contributed by atoms with Crippen LogP contribution in [0.3, 0.4) is 0 Å². The van der Waals surface area contributed by atoms with Gasteiger partial charge in [0.1, 0.15) is 11.0 Å². The lowest BCUT2D eigenvalue weighted by atomic mass is 10.1. The number of nitrogens with zero attached hydrogens (tertiary/aromatic N) is 5. The third-order valence-electron chi connectivity index (χ3n) is 5.37. The lowest BCUT2D eigenvalue weighted by molar-refractivity contribution is 0.0629. The maximum atomic E-state index is 12.8. The van der Waals surface area contributed by atoms with Crippen LogP contribution in [-0.4, -0.2) is 57.9 Å². The first-order valence-corrected chi connectivity index (χ1v) is 11.9. The normalized spacial score (nSPS) is 12.1. The van der Waals surface area contributed by atoms with Gasteiger partial charge in [-0.1, -0.05) is 25.6 Å². The van der Waals surface area contributed by atoms with Crippen molar-refractivity contribution in [2.45, 2.75) is 52.5 Å². The van der Waals surface area contributed by atoms with E-state index < -0.39 is 10.0 Å². The number of hydrogen-bond donors (Lipinski definition) is 0. The molecule has 3 aromatic rings. The van der Waals surface area contributed by atoms with E-state index in [0.29, 0.717) is 29.7 Å². The highest BCUT2D eigenvalue weighted by Crippen LogP contribution is 2.21. The number of carbonyl (C=O) groups is 1. The zero-order chi connectivity index (χ0) is 22.8. The number of aryl methyl sites for hydroxylation is 1. The maximum Gasteiger partial charge on any atom is 0.243 e. The molecule has 1 aromatic carbocycles. The second-order valence-corrected chi connectivity index (χ2v) is 9.27. The summed E-state index contributed by atoms with van der Waals surface area (Å²) in [4.78, 5) is 19.6. The molecule has 0 bridgehead atoms. The first kappa shape index (κ1) is 23.0. The van der Waals surface area contributed by atoms with Crippen LogP contribution >= 0.6 is 0 Å². The molecule has 2 aromatic heterocycles. The molecule has 0 atom stereocenters. The van der Waals surface area contributed by atoms with Crippen LogP contribution in [0.25, 0.3) is 11.0 Å². The highest BCUT2D eigenvalue weighted by atomic mass is 32.2. The third-order valence-corrected chi connectivity index (χ3v) is 7.41. The van der Waals surface area contributed by atoms with Gasteiger partial charge in [-0.2, -0.15) is 4.31 Å². The van der Waals surface area contributed by atoms with E-state index in [1.54, 1.807) is 19.9 Å². The summed E-state index contributed by atoms with van der Waals surface area (Å²) < 4.78 is 29.1. The minimum Gasteiger partial charge on any atom is -0.387 e. The lowest BCUT2D eigenvalue weighted by Gasteiger charge is -2.18. The predicted molar refractivity (Wildman–Crippen MR) is 118 cm³/mol. The first-order valence-electron chi connectivity index (χ1n) is 10.4. The van der Waals surface area contributed by atoms with Crippen LogP contribution in [0.15, 0.2) is 29.2 Å². The second kappa shape index (κ2) is 9.19. The zero-order valence-electron chi connectivity index (χ0n) is 18.6. The number of ketones is 1. The van der Waals surface area contributed by atoms with E-state index in [-0.39, 0.29) is 17.3 Å². The Morgan fingerprint density at radius 3 is 2.48 bits per heavy atom. The fourth-order valence-corrected chi connectivity index (χ4v) is 5.17. The van der Waals surface area contributed by atoms with E-state index in [4.69, 9.17) is 4.84 Å². The van der Waals surface area contributed by atoms with Crippen molar-refractivity contribution >= 4 is 26.8 Å². The SMILES string of the molecule is CCCn1c(C)cc(C(=O)COn2nnc3ccc(S(=O)(=O)N(CC)CC)cc32)c1C. The Morgan fingerprint density at radius 1 is 1.13 bits per heavy atom. The molecule has 10 heteroatoms. The molecule has 0 amide bonds. The molecule has 0 unspecified atom stereocenters. The molecule has 9 nitrogen and oxygen atoms in total. The minimum absolute atomic E-state index is 0.130. The highest BCUT2D eigenvalue weighted by Gasteiger charge is 2.23. The van der Waals surface area contributed by atoms with Crippen LogP contribution in [0.4, 0.5) is 0 Å². The van der Waals surface area contributed by atoms with E-state index in [2.05, 4.69) is 21.8 Å². The van der Waals surface area contributed by atoms with Crippen LogP contribution in [0.5, 0.6) is 0 Å². The van der Waals surface area contributed by atoms with Crippen LogP contribution in [0.2, 0.25) is 0 Å². The number of sulfonamides is 1. The summed E-state index contributed by atoms with van der Waals surface area (Å²) in [6.07, 6.45) is 0.976. The average molecular weight is 448 g/mol. The number of Topliss-reactive ketones (excluding diaryl/α,β-unsaturated/α-hetero) is 1. The molecule has 0 spiro atoms. The van der Waals surface area contributed by atoms with E-state index in [1.165, 1.54) is 16.4 Å². The summed E-state index contributed by atoms with van der Waals surface area (Å²) in [5.41, 5.74) is 3.41. The van der Waals surface area contributed by atoms with Crippen LogP contribution in [0, 0.1) is 13.8 Å². The molecule has 3 rings (SSSR count). The number of hydrogen-bond acceptors (Lipinski definition) is 6. The Labute approximate surface area is 182 Å². The van der Waals surface area contributed by atoms with Gasteiger partial charge in [0.05, 0.1) is 4.90 Å². The standard InChI is InChI=1S/C21H29N5O4S/c1-6-11-25-15(4)12-18(16(25)5)21(27)14-30-26-20-13-17(9-10-19(20)22-23-26)31(28,29)24(7-2)8-3/h9-10,12-13H,6-8,11,14H2,1-5H3. The molecule has 0 fully saturated rings. The molecule has 0 radical (unpaired) electrons. The van der Waals surface area contributed by atoms with Gasteiger partial charge in [-0.15, -0.1) is 5.10 Å². The van der Waals surface area contributed by atoms with Crippen LogP contribution in [-0.2, 0) is 16.6 Å². The van der Waals surface area contributed by atoms with Gasteiger partial charge >= 0.3 is 0 Å². The maximum absolute atomic E-state index is 12.8. The molecule has 0 saturated carbocycles. The molecule has 0 aliphatic rings. The Kier molecular flexibility index (Phi) is 6.80. The largest absolute Gasteiger partial charge is 0.387 e. The molecule has 0 aliphatic carbocycles. The Hall–Kier alpha value is -2.72. The summed E-state index contributed by atoms with van der Waals surface area (Å²) in [6.45, 7) is 10.9. The topological polar surface area (TPSA) is 99.3 Å². The molecular formula is C21H29N5O4S. The van der Waals surface area contributed by atoms with Gasteiger partial charge in [0.25, 0.3) is 0 Å². The van der Waals surface area contributed by atoms with E-state index in [9.17, 15) is 13.2 Å². The van der Waals surface area contributed by atoms with Crippen molar-refractivity contribution in [1.29, 1.82) is 0 Å². The van der Waals surface area contributed by atoms with Crippen molar-refractivity contribution in [3.05, 3.63) is 41.2 Å². The smallest absolute Gasteiger partial charge is 0.243 e. The molecular weight excluding hydrogens is 418 g/mol. The molecule has 0 aliphatic heterocycles. The van der Waals surface area contributed by atoms with Crippen LogP contribution < -0.4 is 4.84 Å². The van der Waals surface area contributed by atoms with Crippen molar-refractivity contribution in [3.8, 4) is 0 Å². The zero-order valence-corrected chi connectivity index (χ0v) is 19.4. The first-order chi connectivity index (χ1) is 14.7. The van der Waals surface area contributed by atoms with Crippen LogP contribution in [0.1, 0.15) is 48.9 Å². The summed E-state index contributed by atoms with van der Waals surface area (Å²) in [5, 5.41) is 7.92. The van der Waals surface area contributed by atoms with Gasteiger partial charge in [-0.05, 0) is 49.7 Å². The van der Waals surface area contributed by atoms with Crippen molar-refractivity contribution in [3.63, 3.8) is 0 Å². The quantitative estimate of drug-likeness (QED) is 0.443. The molecule has 0 N–H and O–H groups in total. The summed E-state index contributed by atoms with van der Waals surface area (Å²) in [5.74, 6) is -0.175. The molecule has 0 saturated heterocycles. The highest BCUT2D eigenvalue weighted by molar-refractivity contribution is 7.89. The minimum atomic E-state index is -3.64. The molecule has 31 heavy (non-hydrogen) atoms. The van der Waals surface area contributed by atoms with Crippen molar-refractivity contribution in [1.82, 2.24) is 24.0 Å². The van der Waals surface area contributed by atoms with Gasteiger partial charge in [0.15, 0.2) is 6.61 Å². The monoisotopic (exact) mass is 447 g/mol. The van der Waals surface area contributed by atoms with Crippen molar-refractivity contribution in [2.75, 3.05) is 19.7 Å². The van der Waals surface area contributed by atoms with Gasteiger partial charge in [-0.25, -0.2) is 8.42 Å². The number of benzene rings is 1. The van der Waals surface area contributed by atoms with Crippen molar-refractivity contribution in [2.24, 2.45) is 0 Å². The molecule has 2 heterocycles. The Balaban J connectivity index is 1.85. The Bertz CT molecular complexity index is 1190. The Morgan fingerprint density at radius 2 is 1.84 bits per heavy atom. The van der Waals surface area contributed by atoms with Gasteiger partial charge in [0, 0.05) is 36.6 Å². The van der Waals surface area contributed by atoms with Gasteiger partial charge in [0.2, 0.25) is 15.8 Å². The predicted octanol–water partition coefficient (Wildman–Crippen LogP) is 2.60. The number of rotatable bonds is 10. The van der Waals surface area contributed by atoms with E-state index in [1.807, 2.05) is 19.9 Å². The molecule has 168 valence electrons. The summed E-state index contributed by atoms with van der Waals surface area (Å²) >= 11 is 0. The van der Waals surface area contributed by atoms with E-state index >= 15 is 0 Å². The summed E-state index contributed by atoms with van der Waals surface area (Å²) in [7, 11) is -3.64. The number of fused-ring (bicyclic) bond motifs is 1. The average Bonchev–Trinajstić information content (AvgIpc) is 3.28. The fraction of sp³-hybridized carbons (Fsp3) is 0.476. The fourth-order valence-electron chi connectivity index (χ4n) is 3.70. The second-order valence-electron chi connectivity index (χ2n) is 7.34. The lowest BCUT2D eigenvalue weighted by Crippen LogP contribution is -2.30.